The number of hydrogen-bond acceptors (Lipinski definition) is 6. The van der Waals surface area contributed by atoms with Gasteiger partial charge in [0.05, 0.1) is 0 Å². The normalized spacial score (nSPS) is 12.6. The third kappa shape index (κ3) is 59.5. The van der Waals surface area contributed by atoms with Crippen molar-refractivity contribution in [2.24, 2.45) is 0 Å². The Hall–Kier alpha value is -3.41. The van der Waals surface area contributed by atoms with Gasteiger partial charge in [-0.15, -0.1) is 0 Å². The molecule has 0 bridgehead atoms. The highest BCUT2D eigenvalue weighted by molar-refractivity contribution is 5.71. The van der Waals surface area contributed by atoms with E-state index in [9.17, 15) is 14.4 Å². The predicted octanol–water partition coefficient (Wildman–Crippen LogP) is 21.5. The molecule has 6 nitrogen and oxygen atoms in total. The van der Waals surface area contributed by atoms with Gasteiger partial charge in [0.25, 0.3) is 0 Å². The summed E-state index contributed by atoms with van der Waals surface area (Å²) in [5.41, 5.74) is 0. The molecule has 0 aromatic rings. The van der Waals surface area contributed by atoms with E-state index in [-0.39, 0.29) is 31.1 Å². The minimum absolute atomic E-state index is 0.0720. The Morgan fingerprint density at radius 3 is 0.824 bits per heavy atom. The molecule has 0 aromatic heterocycles. The minimum atomic E-state index is -0.772. The first-order chi connectivity index (χ1) is 36.5. The van der Waals surface area contributed by atoms with E-state index in [4.69, 9.17) is 14.2 Å². The number of hydrogen-bond donors (Lipinski definition) is 0. The standard InChI is InChI=1S/C68H118O6/c1-4-7-10-13-16-19-21-23-25-26-27-28-29-30-31-32-33-34-35-36-37-38-39-40-41-42-44-45-47-49-52-55-58-61-67(70)73-64-65(63-72-66(69)60-57-54-51-18-15-12-9-6-3)74-68(71)62-59-56-53-50-48-46-43-24-22-20-17-14-11-8-5-2/h7,10,16,19,23,25,27-28,30-31,33-34,36-37,65H,4-6,8-9,11-15,17-18,20-22,24,26,29,32,35,38-64H2,1-3H3/b10-7-,19-16-,25-23-,28-27-,31-30-,34-33-,37-36-. The topological polar surface area (TPSA) is 78.9 Å². The van der Waals surface area contributed by atoms with Crippen LogP contribution in [0.4, 0.5) is 0 Å². The molecule has 0 saturated heterocycles. The van der Waals surface area contributed by atoms with Crippen molar-refractivity contribution in [1.82, 2.24) is 0 Å². The Kier molecular flexibility index (Phi) is 59.3. The summed E-state index contributed by atoms with van der Waals surface area (Å²) < 4.78 is 16.8. The average molecular weight is 1030 g/mol. The molecule has 426 valence electrons. The smallest absolute Gasteiger partial charge is 0.306 e. The molecule has 1 atom stereocenters. The summed E-state index contributed by atoms with van der Waals surface area (Å²) in [7, 11) is 0. The summed E-state index contributed by atoms with van der Waals surface area (Å²) in [6.07, 6.45) is 81.8. The van der Waals surface area contributed by atoms with Crippen LogP contribution in [-0.4, -0.2) is 37.2 Å². The lowest BCUT2D eigenvalue weighted by Gasteiger charge is -2.18. The number of ether oxygens (including phenoxy) is 3. The van der Waals surface area contributed by atoms with Crippen LogP contribution >= 0.6 is 0 Å². The van der Waals surface area contributed by atoms with Crippen LogP contribution in [0.3, 0.4) is 0 Å². The van der Waals surface area contributed by atoms with Crippen LogP contribution in [0.5, 0.6) is 0 Å². The third-order valence-corrected chi connectivity index (χ3v) is 13.7. The van der Waals surface area contributed by atoms with Gasteiger partial charge >= 0.3 is 17.9 Å². The van der Waals surface area contributed by atoms with Gasteiger partial charge in [0.2, 0.25) is 0 Å². The zero-order valence-electron chi connectivity index (χ0n) is 48.8. The first-order valence-electron chi connectivity index (χ1n) is 31.6. The summed E-state index contributed by atoms with van der Waals surface area (Å²) in [5, 5.41) is 0. The molecule has 0 amide bonds. The Balaban J connectivity index is 4.09. The quantitative estimate of drug-likeness (QED) is 0.0261. The lowest BCUT2D eigenvalue weighted by molar-refractivity contribution is -0.167. The Labute approximate surface area is 458 Å². The van der Waals surface area contributed by atoms with Crippen molar-refractivity contribution in [2.75, 3.05) is 13.2 Å². The first kappa shape index (κ1) is 70.6. The predicted molar refractivity (Wildman–Crippen MR) is 321 cm³/mol. The Morgan fingerprint density at radius 2 is 0.527 bits per heavy atom. The summed E-state index contributed by atoms with van der Waals surface area (Å²) >= 11 is 0. The summed E-state index contributed by atoms with van der Waals surface area (Å²) in [5.74, 6) is -0.867. The molecule has 0 fully saturated rings. The molecule has 0 aromatic carbocycles. The summed E-state index contributed by atoms with van der Waals surface area (Å²) in [6, 6.07) is 0. The van der Waals surface area contributed by atoms with E-state index in [2.05, 4.69) is 106 Å². The van der Waals surface area contributed by atoms with Gasteiger partial charge in [-0.05, 0) is 77.0 Å². The molecule has 0 heterocycles. The Bertz CT molecular complexity index is 1420. The van der Waals surface area contributed by atoms with Crippen LogP contribution in [0, 0.1) is 0 Å². The van der Waals surface area contributed by atoms with Gasteiger partial charge in [-0.25, -0.2) is 0 Å². The van der Waals surface area contributed by atoms with E-state index < -0.39 is 6.10 Å². The summed E-state index contributed by atoms with van der Waals surface area (Å²) in [4.78, 5) is 38.1. The van der Waals surface area contributed by atoms with Gasteiger partial charge in [-0.1, -0.05) is 298 Å². The fourth-order valence-electron chi connectivity index (χ4n) is 8.95. The maximum Gasteiger partial charge on any atom is 0.306 e. The second-order valence-electron chi connectivity index (χ2n) is 21.0. The van der Waals surface area contributed by atoms with Crippen molar-refractivity contribution >= 4 is 17.9 Å². The van der Waals surface area contributed by atoms with Gasteiger partial charge in [-0.3, -0.25) is 14.4 Å². The van der Waals surface area contributed by atoms with Crippen LogP contribution in [0.1, 0.15) is 310 Å². The van der Waals surface area contributed by atoms with Gasteiger partial charge in [0, 0.05) is 19.3 Å². The van der Waals surface area contributed by atoms with E-state index in [0.717, 1.165) is 103 Å². The number of unbranched alkanes of at least 4 members (excludes halogenated alkanes) is 32. The third-order valence-electron chi connectivity index (χ3n) is 13.7. The van der Waals surface area contributed by atoms with Crippen molar-refractivity contribution in [3.63, 3.8) is 0 Å². The highest BCUT2D eigenvalue weighted by Gasteiger charge is 2.19. The van der Waals surface area contributed by atoms with Crippen molar-refractivity contribution in [3.05, 3.63) is 85.1 Å². The van der Waals surface area contributed by atoms with Crippen LogP contribution in [0.2, 0.25) is 0 Å². The van der Waals surface area contributed by atoms with Gasteiger partial charge in [-0.2, -0.15) is 0 Å². The van der Waals surface area contributed by atoms with Gasteiger partial charge in [0.1, 0.15) is 13.2 Å². The number of allylic oxidation sites excluding steroid dienone is 14. The molecule has 0 radical (unpaired) electrons. The number of carbonyl (C=O) groups is 3. The Morgan fingerprint density at radius 1 is 0.284 bits per heavy atom. The van der Waals surface area contributed by atoms with E-state index >= 15 is 0 Å². The molecular formula is C68H118O6. The van der Waals surface area contributed by atoms with Crippen LogP contribution < -0.4 is 0 Å². The zero-order chi connectivity index (χ0) is 53.6. The number of rotatable bonds is 57. The fourth-order valence-corrected chi connectivity index (χ4v) is 8.95. The van der Waals surface area contributed by atoms with Crippen LogP contribution in [-0.2, 0) is 28.6 Å². The van der Waals surface area contributed by atoms with Crippen LogP contribution in [0.25, 0.3) is 0 Å². The van der Waals surface area contributed by atoms with Crippen molar-refractivity contribution in [2.45, 2.75) is 316 Å². The fraction of sp³-hybridized carbons (Fsp3) is 0.750. The maximum atomic E-state index is 12.8. The molecule has 0 aliphatic heterocycles. The molecule has 0 N–H and O–H groups in total. The molecule has 0 aliphatic carbocycles. The van der Waals surface area contributed by atoms with E-state index in [1.807, 2.05) is 0 Å². The maximum absolute atomic E-state index is 12.8. The minimum Gasteiger partial charge on any atom is -0.462 e. The molecule has 0 aliphatic rings. The largest absolute Gasteiger partial charge is 0.462 e. The second kappa shape index (κ2) is 62.1. The molecule has 0 saturated carbocycles. The van der Waals surface area contributed by atoms with Crippen molar-refractivity contribution < 1.29 is 28.6 Å². The monoisotopic (exact) mass is 1030 g/mol. The van der Waals surface area contributed by atoms with Gasteiger partial charge < -0.3 is 14.2 Å². The first-order valence-corrected chi connectivity index (χ1v) is 31.6. The molecule has 6 heteroatoms. The van der Waals surface area contributed by atoms with E-state index in [1.54, 1.807) is 0 Å². The van der Waals surface area contributed by atoms with E-state index in [1.165, 1.54) is 167 Å². The molecule has 1 unspecified atom stereocenters. The molecule has 0 spiro atoms. The highest BCUT2D eigenvalue weighted by atomic mass is 16.6. The van der Waals surface area contributed by atoms with E-state index in [0.29, 0.717) is 19.3 Å². The number of carbonyl (C=O) groups excluding carboxylic acids is 3. The average Bonchev–Trinajstić information content (AvgIpc) is 3.40. The zero-order valence-corrected chi connectivity index (χ0v) is 48.8. The molecule has 0 rings (SSSR count). The lowest BCUT2D eigenvalue weighted by atomic mass is 10.0. The van der Waals surface area contributed by atoms with Crippen LogP contribution in [0.15, 0.2) is 85.1 Å². The summed E-state index contributed by atoms with van der Waals surface area (Å²) in [6.45, 7) is 6.52. The molecule has 74 heavy (non-hydrogen) atoms. The van der Waals surface area contributed by atoms with Crippen molar-refractivity contribution in [1.29, 1.82) is 0 Å². The second-order valence-corrected chi connectivity index (χ2v) is 21.0. The van der Waals surface area contributed by atoms with Crippen molar-refractivity contribution in [3.8, 4) is 0 Å². The number of esters is 3. The highest BCUT2D eigenvalue weighted by Crippen LogP contribution is 2.17. The molecular weight excluding hydrogens is 913 g/mol. The lowest BCUT2D eigenvalue weighted by Crippen LogP contribution is -2.30. The van der Waals surface area contributed by atoms with Gasteiger partial charge in [0.15, 0.2) is 6.10 Å². The SMILES string of the molecule is CC/C=C\C/C=C\C/C=C\C/C=C\C/C=C\C/C=C\C/C=C\CCCCCCCCCCCCCC(=O)OCC(COC(=O)CCCCCCCCCC)OC(=O)CCCCCCCCCCCCCCCCC.